The quantitative estimate of drug-likeness (QED) is 0.549. The molecule has 0 aromatic heterocycles. The minimum absolute atomic E-state index is 0.150. The Bertz CT molecular complexity index is 1130. The molecule has 1 atom stereocenters. The number of hydrogen-bond donors (Lipinski definition) is 0. The van der Waals surface area contributed by atoms with Gasteiger partial charge in [0.2, 0.25) is 6.79 Å². The maximum atomic E-state index is 12.7. The molecule has 5 rings (SSSR count). The number of likely N-dealkylation sites (tertiary alicyclic amines) is 1. The largest absolute Gasteiger partial charge is 0.454 e. The molecule has 3 aliphatic heterocycles. The van der Waals surface area contributed by atoms with Gasteiger partial charge in [-0.15, -0.1) is 4.40 Å². The van der Waals surface area contributed by atoms with Crippen molar-refractivity contribution in [1.29, 1.82) is 0 Å². The second-order valence-corrected chi connectivity index (χ2v) is 8.68. The summed E-state index contributed by atoms with van der Waals surface area (Å²) in [6.45, 7) is 1.14. The molecule has 0 N–H and O–H groups in total. The first kappa shape index (κ1) is 18.0. The highest BCUT2D eigenvalue weighted by Crippen LogP contribution is 2.36. The molecule has 3 heterocycles. The predicted molar refractivity (Wildman–Crippen MR) is 103 cm³/mol. The van der Waals surface area contributed by atoms with E-state index in [1.807, 2.05) is 4.90 Å². The SMILES string of the molecule is O=C(Oc1ccc2c(c1)OCO2)C1CCCN(C2=NS(=O)(=O)c3ccccc32)C1. The summed E-state index contributed by atoms with van der Waals surface area (Å²) in [7, 11) is -3.69. The number of esters is 1. The third kappa shape index (κ3) is 3.21. The van der Waals surface area contributed by atoms with Crippen molar-refractivity contribution in [3.05, 3.63) is 48.0 Å². The van der Waals surface area contributed by atoms with E-state index in [0.29, 0.717) is 48.2 Å². The van der Waals surface area contributed by atoms with Gasteiger partial charge in [0.05, 0.1) is 5.92 Å². The number of hydrogen-bond acceptors (Lipinski definition) is 7. The molecule has 8 nitrogen and oxygen atoms in total. The molecule has 0 radical (unpaired) electrons. The zero-order valence-electron chi connectivity index (χ0n) is 15.4. The van der Waals surface area contributed by atoms with Crippen LogP contribution < -0.4 is 14.2 Å². The minimum Gasteiger partial charge on any atom is -0.454 e. The molecule has 2 aromatic carbocycles. The fourth-order valence-electron chi connectivity index (χ4n) is 3.82. The van der Waals surface area contributed by atoms with E-state index in [1.165, 1.54) is 0 Å². The third-order valence-corrected chi connectivity index (χ3v) is 6.55. The molecule has 0 amide bonds. The van der Waals surface area contributed by atoms with Crippen molar-refractivity contribution < 1.29 is 27.4 Å². The summed E-state index contributed by atoms with van der Waals surface area (Å²) in [5.41, 5.74) is 0.581. The molecule has 150 valence electrons. The van der Waals surface area contributed by atoms with Gasteiger partial charge in [-0.3, -0.25) is 4.79 Å². The van der Waals surface area contributed by atoms with Crippen LogP contribution in [-0.4, -0.2) is 45.0 Å². The number of fused-ring (bicyclic) bond motifs is 2. The normalized spacial score (nSPS) is 21.4. The van der Waals surface area contributed by atoms with E-state index < -0.39 is 10.0 Å². The molecule has 2 aromatic rings. The van der Waals surface area contributed by atoms with Gasteiger partial charge in [0.25, 0.3) is 10.0 Å². The Morgan fingerprint density at radius 3 is 2.86 bits per heavy atom. The number of benzene rings is 2. The summed E-state index contributed by atoms with van der Waals surface area (Å²) in [6, 6.07) is 11.7. The van der Waals surface area contributed by atoms with Crippen molar-refractivity contribution >= 4 is 21.8 Å². The first-order valence-electron chi connectivity index (χ1n) is 9.32. The number of amidine groups is 1. The lowest BCUT2D eigenvalue weighted by atomic mass is 9.97. The van der Waals surface area contributed by atoms with Gasteiger partial charge in [-0.1, -0.05) is 12.1 Å². The summed E-state index contributed by atoms with van der Waals surface area (Å²) in [5, 5.41) is 0. The monoisotopic (exact) mass is 414 g/mol. The van der Waals surface area contributed by atoms with Crippen LogP contribution in [0.25, 0.3) is 0 Å². The highest BCUT2D eigenvalue weighted by atomic mass is 32.2. The van der Waals surface area contributed by atoms with Gasteiger partial charge >= 0.3 is 5.97 Å². The average Bonchev–Trinajstić information content (AvgIpc) is 3.30. The maximum Gasteiger partial charge on any atom is 0.316 e. The zero-order chi connectivity index (χ0) is 20.0. The Balaban J connectivity index is 1.33. The summed E-state index contributed by atoms with van der Waals surface area (Å²) in [5.74, 6) is 1.22. The first-order chi connectivity index (χ1) is 14.0. The van der Waals surface area contributed by atoms with Crippen LogP contribution in [0.5, 0.6) is 17.2 Å². The second kappa shape index (κ2) is 6.77. The van der Waals surface area contributed by atoms with Crippen molar-refractivity contribution in [2.24, 2.45) is 10.3 Å². The van der Waals surface area contributed by atoms with E-state index in [2.05, 4.69) is 4.40 Å². The molecular formula is C20H18N2O6S. The molecule has 29 heavy (non-hydrogen) atoms. The molecule has 1 unspecified atom stereocenters. The lowest BCUT2D eigenvalue weighted by molar-refractivity contribution is -0.140. The van der Waals surface area contributed by atoms with E-state index >= 15 is 0 Å². The van der Waals surface area contributed by atoms with Crippen LogP contribution in [0.3, 0.4) is 0 Å². The average molecular weight is 414 g/mol. The Hall–Kier alpha value is -3.07. The predicted octanol–water partition coefficient (Wildman–Crippen LogP) is 2.18. The molecular weight excluding hydrogens is 396 g/mol. The number of carbonyl (C=O) groups excluding carboxylic acids is 1. The van der Waals surface area contributed by atoms with Crippen LogP contribution in [0.4, 0.5) is 0 Å². The highest BCUT2D eigenvalue weighted by Gasteiger charge is 2.35. The summed E-state index contributed by atoms with van der Waals surface area (Å²) in [6.07, 6.45) is 1.41. The molecule has 1 fully saturated rings. The Labute approximate surface area is 167 Å². The number of ether oxygens (including phenoxy) is 3. The molecule has 0 bridgehead atoms. The summed E-state index contributed by atoms with van der Waals surface area (Å²) in [4.78, 5) is 14.8. The van der Waals surface area contributed by atoms with Crippen molar-refractivity contribution in [3.8, 4) is 17.2 Å². The third-order valence-electron chi connectivity index (χ3n) is 5.23. The molecule has 0 aliphatic carbocycles. The van der Waals surface area contributed by atoms with Crippen LogP contribution >= 0.6 is 0 Å². The molecule has 0 spiro atoms. The number of carbonyl (C=O) groups is 1. The van der Waals surface area contributed by atoms with E-state index in [0.717, 1.165) is 6.42 Å². The van der Waals surface area contributed by atoms with Gasteiger partial charge in [-0.2, -0.15) is 8.42 Å². The van der Waals surface area contributed by atoms with Crippen molar-refractivity contribution in [3.63, 3.8) is 0 Å². The number of nitrogens with zero attached hydrogens (tertiary/aromatic N) is 2. The first-order valence-corrected chi connectivity index (χ1v) is 10.8. The lowest BCUT2D eigenvalue weighted by Gasteiger charge is -2.32. The van der Waals surface area contributed by atoms with E-state index in [4.69, 9.17) is 14.2 Å². The highest BCUT2D eigenvalue weighted by molar-refractivity contribution is 7.90. The fourth-order valence-corrected chi connectivity index (χ4v) is 5.05. The van der Waals surface area contributed by atoms with Gasteiger partial charge in [0, 0.05) is 24.7 Å². The topological polar surface area (TPSA) is 94.5 Å². The van der Waals surface area contributed by atoms with Crippen LogP contribution in [0.15, 0.2) is 51.8 Å². The van der Waals surface area contributed by atoms with Crippen LogP contribution in [-0.2, 0) is 14.8 Å². The fraction of sp³-hybridized carbons (Fsp3) is 0.300. The van der Waals surface area contributed by atoms with Crippen molar-refractivity contribution in [2.75, 3.05) is 19.9 Å². The second-order valence-electron chi connectivity index (χ2n) is 7.11. The van der Waals surface area contributed by atoms with Gasteiger partial charge in [-0.05, 0) is 37.1 Å². The van der Waals surface area contributed by atoms with E-state index in [9.17, 15) is 13.2 Å². The van der Waals surface area contributed by atoms with Crippen LogP contribution in [0, 0.1) is 5.92 Å². The van der Waals surface area contributed by atoms with Crippen molar-refractivity contribution in [2.45, 2.75) is 17.7 Å². The van der Waals surface area contributed by atoms with Crippen molar-refractivity contribution in [1.82, 2.24) is 4.90 Å². The Morgan fingerprint density at radius 1 is 1.14 bits per heavy atom. The number of rotatable bonds is 2. The molecule has 3 aliphatic rings. The molecule has 1 saturated heterocycles. The summed E-state index contributed by atoms with van der Waals surface area (Å²) >= 11 is 0. The Morgan fingerprint density at radius 2 is 1.97 bits per heavy atom. The van der Waals surface area contributed by atoms with Crippen LogP contribution in [0.2, 0.25) is 0 Å². The number of piperidine rings is 1. The Kier molecular flexibility index (Phi) is 4.20. The van der Waals surface area contributed by atoms with Gasteiger partial charge in [0.1, 0.15) is 10.6 Å². The summed E-state index contributed by atoms with van der Waals surface area (Å²) < 4.78 is 44.7. The number of sulfonamides is 1. The van der Waals surface area contributed by atoms with Gasteiger partial charge in [-0.25, -0.2) is 0 Å². The van der Waals surface area contributed by atoms with Crippen LogP contribution in [0.1, 0.15) is 18.4 Å². The van der Waals surface area contributed by atoms with Gasteiger partial charge < -0.3 is 19.1 Å². The van der Waals surface area contributed by atoms with E-state index in [-0.39, 0.29) is 23.6 Å². The maximum absolute atomic E-state index is 12.7. The smallest absolute Gasteiger partial charge is 0.316 e. The zero-order valence-corrected chi connectivity index (χ0v) is 16.2. The molecule has 9 heteroatoms. The minimum atomic E-state index is -3.69. The molecule has 0 saturated carbocycles. The lowest BCUT2D eigenvalue weighted by Crippen LogP contribution is -2.43. The standard InChI is InChI=1S/C20H18N2O6S/c23-20(28-14-7-8-16-17(10-14)27-12-26-16)13-4-3-9-22(11-13)19-15-5-1-2-6-18(15)29(24,25)21-19/h1-2,5-8,10,13H,3-4,9,11-12H2. The van der Waals surface area contributed by atoms with Gasteiger partial charge in [0.15, 0.2) is 17.3 Å². The van der Waals surface area contributed by atoms with E-state index in [1.54, 1.807) is 42.5 Å².